The summed E-state index contributed by atoms with van der Waals surface area (Å²) in [6, 6.07) is 8.71. The normalized spacial score (nSPS) is 18.0. The maximum absolute atomic E-state index is 12.0. The van der Waals surface area contributed by atoms with Crippen LogP contribution in [-0.2, 0) is 23.0 Å². The van der Waals surface area contributed by atoms with Crippen molar-refractivity contribution in [1.82, 2.24) is 9.21 Å². The lowest BCUT2D eigenvalue weighted by Crippen LogP contribution is -2.48. The van der Waals surface area contributed by atoms with Crippen LogP contribution < -0.4 is 0 Å². The van der Waals surface area contributed by atoms with Crippen LogP contribution in [-0.4, -0.2) is 49.6 Å². The molecule has 118 valence electrons. The Labute approximate surface area is 128 Å². The molecule has 0 radical (unpaired) electrons. The molecule has 0 unspecified atom stereocenters. The molecule has 0 aromatic heterocycles. The molecule has 0 saturated carbocycles. The predicted octanol–water partition coefficient (Wildman–Crippen LogP) is 2.11. The molecule has 1 aromatic rings. The monoisotopic (exact) mass is 310 g/mol. The average molecular weight is 310 g/mol. The van der Waals surface area contributed by atoms with Crippen molar-refractivity contribution < 1.29 is 8.42 Å². The van der Waals surface area contributed by atoms with Crippen LogP contribution >= 0.6 is 0 Å². The van der Waals surface area contributed by atoms with E-state index >= 15 is 0 Å². The molecule has 0 aliphatic carbocycles. The molecule has 0 spiro atoms. The summed E-state index contributed by atoms with van der Waals surface area (Å²) in [5, 5.41) is 0. The molecular formula is C16H26N2O2S. The van der Waals surface area contributed by atoms with Crippen molar-refractivity contribution in [2.24, 2.45) is 0 Å². The topological polar surface area (TPSA) is 40.6 Å². The van der Waals surface area contributed by atoms with Crippen molar-refractivity contribution in [3.05, 3.63) is 35.4 Å². The third-order valence-electron chi connectivity index (χ3n) is 4.02. The number of aryl methyl sites for hydroxylation is 1. The zero-order chi connectivity index (χ0) is 15.3. The summed E-state index contributed by atoms with van der Waals surface area (Å²) in [6.07, 6.45) is 1.75. The fourth-order valence-corrected chi connectivity index (χ4v) is 4.19. The van der Waals surface area contributed by atoms with Crippen LogP contribution in [0.3, 0.4) is 0 Å². The lowest BCUT2D eigenvalue weighted by molar-refractivity contribution is 0.181. The molecule has 0 bridgehead atoms. The first-order chi connectivity index (χ1) is 10.0. The highest BCUT2D eigenvalue weighted by Gasteiger charge is 2.25. The second-order valence-electron chi connectivity index (χ2n) is 5.66. The Hall–Kier alpha value is -0.910. The molecule has 1 aliphatic rings. The summed E-state index contributed by atoms with van der Waals surface area (Å²) in [4.78, 5) is 2.33. The van der Waals surface area contributed by atoms with Crippen LogP contribution in [0, 0.1) is 0 Å². The standard InChI is InChI=1S/C16H26N2O2S/c1-3-13-21(19,20)18-11-9-17(10-12-18)14-16-7-5-15(4-2)6-8-16/h5-8H,3-4,9-14H2,1-2H3. The Kier molecular flexibility index (Phi) is 5.79. The van der Waals surface area contributed by atoms with Crippen LogP contribution in [0.25, 0.3) is 0 Å². The Bertz CT molecular complexity index is 532. The van der Waals surface area contributed by atoms with Gasteiger partial charge in [0, 0.05) is 32.7 Å². The molecular weight excluding hydrogens is 284 g/mol. The molecule has 0 N–H and O–H groups in total. The largest absolute Gasteiger partial charge is 0.296 e. The van der Waals surface area contributed by atoms with Crippen molar-refractivity contribution in [3.63, 3.8) is 0 Å². The van der Waals surface area contributed by atoms with Crippen molar-refractivity contribution in [2.75, 3.05) is 31.9 Å². The van der Waals surface area contributed by atoms with Gasteiger partial charge < -0.3 is 0 Å². The molecule has 1 heterocycles. The first kappa shape index (κ1) is 16.5. The zero-order valence-corrected chi connectivity index (χ0v) is 13.9. The summed E-state index contributed by atoms with van der Waals surface area (Å²) in [5.74, 6) is 0.269. The maximum Gasteiger partial charge on any atom is 0.214 e. The molecule has 4 nitrogen and oxygen atoms in total. The van der Waals surface area contributed by atoms with E-state index in [1.165, 1.54) is 11.1 Å². The summed E-state index contributed by atoms with van der Waals surface area (Å²) >= 11 is 0. The van der Waals surface area contributed by atoms with Gasteiger partial charge in [0.2, 0.25) is 10.0 Å². The van der Waals surface area contributed by atoms with Gasteiger partial charge in [-0.3, -0.25) is 4.90 Å². The van der Waals surface area contributed by atoms with Gasteiger partial charge in [0.15, 0.2) is 0 Å². The van der Waals surface area contributed by atoms with Crippen molar-refractivity contribution in [3.8, 4) is 0 Å². The van der Waals surface area contributed by atoms with Gasteiger partial charge in [-0.1, -0.05) is 38.1 Å². The minimum Gasteiger partial charge on any atom is -0.296 e. The average Bonchev–Trinajstić information content (AvgIpc) is 2.48. The van der Waals surface area contributed by atoms with Gasteiger partial charge in [0.1, 0.15) is 0 Å². The van der Waals surface area contributed by atoms with Crippen molar-refractivity contribution >= 4 is 10.0 Å². The van der Waals surface area contributed by atoms with Crippen LogP contribution in [0.15, 0.2) is 24.3 Å². The molecule has 2 rings (SSSR count). The van der Waals surface area contributed by atoms with Crippen LogP contribution in [0.2, 0.25) is 0 Å². The molecule has 21 heavy (non-hydrogen) atoms. The molecule has 1 aromatic carbocycles. The van der Waals surface area contributed by atoms with Crippen LogP contribution in [0.5, 0.6) is 0 Å². The second kappa shape index (κ2) is 7.38. The number of benzene rings is 1. The first-order valence-electron chi connectivity index (χ1n) is 7.83. The third-order valence-corrected chi connectivity index (χ3v) is 6.10. The third kappa shape index (κ3) is 4.53. The molecule has 1 saturated heterocycles. The number of hydrogen-bond donors (Lipinski definition) is 0. The van der Waals surface area contributed by atoms with Crippen LogP contribution in [0.4, 0.5) is 0 Å². The highest BCUT2D eigenvalue weighted by molar-refractivity contribution is 7.89. The predicted molar refractivity (Wildman–Crippen MR) is 86.7 cm³/mol. The molecule has 5 heteroatoms. The van der Waals surface area contributed by atoms with Crippen LogP contribution in [0.1, 0.15) is 31.4 Å². The van der Waals surface area contributed by atoms with Gasteiger partial charge in [-0.15, -0.1) is 0 Å². The SMILES string of the molecule is CCCS(=O)(=O)N1CCN(Cc2ccc(CC)cc2)CC1. The number of nitrogens with zero attached hydrogens (tertiary/aromatic N) is 2. The molecule has 1 fully saturated rings. The zero-order valence-electron chi connectivity index (χ0n) is 13.1. The van der Waals surface area contributed by atoms with Gasteiger partial charge in [-0.25, -0.2) is 8.42 Å². The minimum absolute atomic E-state index is 0.269. The van der Waals surface area contributed by atoms with Gasteiger partial charge in [-0.05, 0) is 24.0 Å². The van der Waals surface area contributed by atoms with E-state index in [4.69, 9.17) is 0 Å². The van der Waals surface area contributed by atoms with Gasteiger partial charge in [-0.2, -0.15) is 4.31 Å². The fraction of sp³-hybridized carbons (Fsp3) is 0.625. The van der Waals surface area contributed by atoms with E-state index in [0.717, 1.165) is 26.1 Å². The van der Waals surface area contributed by atoms with E-state index in [-0.39, 0.29) is 5.75 Å². The maximum atomic E-state index is 12.0. The fourth-order valence-electron chi connectivity index (χ4n) is 2.69. The minimum atomic E-state index is -3.03. The summed E-state index contributed by atoms with van der Waals surface area (Å²) < 4.78 is 25.7. The van der Waals surface area contributed by atoms with E-state index < -0.39 is 10.0 Å². The number of piperazine rings is 1. The number of hydrogen-bond acceptors (Lipinski definition) is 3. The van der Waals surface area contributed by atoms with E-state index in [1.54, 1.807) is 4.31 Å². The number of sulfonamides is 1. The summed E-state index contributed by atoms with van der Waals surface area (Å²) in [5.41, 5.74) is 2.66. The summed E-state index contributed by atoms with van der Waals surface area (Å²) in [7, 11) is -3.03. The van der Waals surface area contributed by atoms with Gasteiger partial charge in [0.25, 0.3) is 0 Å². The van der Waals surface area contributed by atoms with Gasteiger partial charge in [0.05, 0.1) is 5.75 Å². The van der Waals surface area contributed by atoms with E-state index in [0.29, 0.717) is 19.5 Å². The number of rotatable bonds is 6. The van der Waals surface area contributed by atoms with E-state index in [1.807, 2.05) is 6.92 Å². The Morgan fingerprint density at radius 3 is 2.05 bits per heavy atom. The Morgan fingerprint density at radius 1 is 0.952 bits per heavy atom. The lowest BCUT2D eigenvalue weighted by Gasteiger charge is -2.34. The molecule has 0 atom stereocenters. The highest BCUT2D eigenvalue weighted by atomic mass is 32.2. The molecule has 0 amide bonds. The first-order valence-corrected chi connectivity index (χ1v) is 9.44. The quantitative estimate of drug-likeness (QED) is 0.808. The lowest BCUT2D eigenvalue weighted by atomic mass is 10.1. The Morgan fingerprint density at radius 2 is 1.52 bits per heavy atom. The van der Waals surface area contributed by atoms with Gasteiger partial charge >= 0.3 is 0 Å². The summed E-state index contributed by atoms with van der Waals surface area (Å²) in [6.45, 7) is 7.85. The highest BCUT2D eigenvalue weighted by Crippen LogP contribution is 2.13. The second-order valence-corrected chi connectivity index (χ2v) is 7.75. The smallest absolute Gasteiger partial charge is 0.214 e. The van der Waals surface area contributed by atoms with E-state index in [9.17, 15) is 8.42 Å². The van der Waals surface area contributed by atoms with Crippen molar-refractivity contribution in [2.45, 2.75) is 33.2 Å². The van der Waals surface area contributed by atoms with E-state index in [2.05, 4.69) is 36.1 Å². The molecule has 1 aliphatic heterocycles. The Balaban J connectivity index is 1.86. The van der Waals surface area contributed by atoms with Crippen molar-refractivity contribution in [1.29, 1.82) is 0 Å².